The molecule has 0 radical (unpaired) electrons. The summed E-state index contributed by atoms with van der Waals surface area (Å²) in [7, 11) is 0. The lowest BCUT2D eigenvalue weighted by atomic mass is 10.1. The predicted molar refractivity (Wildman–Crippen MR) is 77.1 cm³/mol. The molecule has 0 saturated carbocycles. The number of nitrogens with zero attached hydrogens (tertiary/aromatic N) is 1. The first-order valence-electron chi connectivity index (χ1n) is 6.35. The highest BCUT2D eigenvalue weighted by Crippen LogP contribution is 2.20. The Hall–Kier alpha value is -1.69. The van der Waals surface area contributed by atoms with Crippen molar-refractivity contribution in [1.82, 2.24) is 10.2 Å². The average molecular weight is 339 g/mol. The lowest BCUT2D eigenvalue weighted by molar-refractivity contribution is -0.126. The van der Waals surface area contributed by atoms with E-state index in [1.54, 1.807) is 13.0 Å². The molecule has 1 saturated heterocycles. The van der Waals surface area contributed by atoms with Gasteiger partial charge in [0.2, 0.25) is 11.8 Å². The summed E-state index contributed by atoms with van der Waals surface area (Å²) in [6.07, 6.45) is 0.0332. The van der Waals surface area contributed by atoms with Crippen LogP contribution in [0.25, 0.3) is 0 Å². The van der Waals surface area contributed by atoms with E-state index in [1.807, 2.05) is 19.1 Å². The van der Waals surface area contributed by atoms with Gasteiger partial charge in [-0.15, -0.1) is 0 Å². The van der Waals surface area contributed by atoms with Crippen molar-refractivity contribution in [2.75, 3.05) is 6.54 Å². The number of hydrogen-bond acceptors (Lipinski definition) is 3. The van der Waals surface area contributed by atoms with E-state index in [9.17, 15) is 14.4 Å². The first-order valence-corrected chi connectivity index (χ1v) is 7.14. The number of amides is 3. The Kier molecular flexibility index (Phi) is 4.23. The van der Waals surface area contributed by atoms with Gasteiger partial charge in [0.05, 0.1) is 6.42 Å². The van der Waals surface area contributed by atoms with Crippen LogP contribution < -0.4 is 5.32 Å². The second-order valence-corrected chi connectivity index (χ2v) is 5.60. The Morgan fingerprint density at radius 2 is 2.15 bits per heavy atom. The Balaban J connectivity index is 2.32. The summed E-state index contributed by atoms with van der Waals surface area (Å²) in [5.74, 6) is -0.976. The maximum atomic E-state index is 12.6. The first-order chi connectivity index (χ1) is 9.43. The number of rotatable bonds is 3. The van der Waals surface area contributed by atoms with E-state index in [0.29, 0.717) is 12.1 Å². The SMILES string of the molecule is CCN(C(=O)c1cc(Br)ccc1C)[C@H]1CC(=O)NC1=O. The van der Waals surface area contributed by atoms with Gasteiger partial charge in [0.1, 0.15) is 6.04 Å². The normalized spacial score (nSPS) is 18.1. The van der Waals surface area contributed by atoms with Crippen molar-refractivity contribution in [3.05, 3.63) is 33.8 Å². The predicted octanol–water partition coefficient (Wildman–Crippen LogP) is 1.63. The summed E-state index contributed by atoms with van der Waals surface area (Å²) in [5, 5.41) is 2.23. The van der Waals surface area contributed by atoms with Crippen molar-refractivity contribution in [3.63, 3.8) is 0 Å². The van der Waals surface area contributed by atoms with E-state index in [1.165, 1.54) is 4.90 Å². The van der Waals surface area contributed by atoms with Crippen molar-refractivity contribution in [1.29, 1.82) is 0 Å². The minimum atomic E-state index is -0.710. The molecule has 0 spiro atoms. The van der Waals surface area contributed by atoms with Crippen molar-refractivity contribution < 1.29 is 14.4 Å². The van der Waals surface area contributed by atoms with Crippen LogP contribution in [0.3, 0.4) is 0 Å². The van der Waals surface area contributed by atoms with Gasteiger partial charge in [0.15, 0.2) is 0 Å². The topological polar surface area (TPSA) is 66.5 Å². The molecule has 6 heteroatoms. The lowest BCUT2D eigenvalue weighted by Crippen LogP contribution is -2.44. The molecule has 5 nitrogen and oxygen atoms in total. The molecule has 20 heavy (non-hydrogen) atoms. The van der Waals surface area contributed by atoms with E-state index in [2.05, 4.69) is 21.2 Å². The van der Waals surface area contributed by atoms with Gasteiger partial charge in [0, 0.05) is 16.6 Å². The summed E-state index contributed by atoms with van der Waals surface area (Å²) in [6.45, 7) is 4.00. The minimum Gasteiger partial charge on any atom is -0.326 e. The third-order valence-electron chi connectivity index (χ3n) is 3.35. The molecule has 1 aliphatic rings. The van der Waals surface area contributed by atoms with Crippen LogP contribution >= 0.6 is 15.9 Å². The first kappa shape index (κ1) is 14.7. The Labute approximate surface area is 125 Å². The molecule has 1 fully saturated rings. The highest BCUT2D eigenvalue weighted by Gasteiger charge is 2.37. The Bertz CT molecular complexity index is 586. The number of halogens is 1. The Morgan fingerprint density at radius 1 is 1.45 bits per heavy atom. The monoisotopic (exact) mass is 338 g/mol. The van der Waals surface area contributed by atoms with Gasteiger partial charge in [-0.3, -0.25) is 19.7 Å². The molecule has 2 rings (SSSR count). The third kappa shape index (κ3) is 2.75. The van der Waals surface area contributed by atoms with Crippen molar-refractivity contribution in [2.45, 2.75) is 26.3 Å². The number of imide groups is 1. The zero-order chi connectivity index (χ0) is 14.9. The van der Waals surface area contributed by atoms with E-state index >= 15 is 0 Å². The quantitative estimate of drug-likeness (QED) is 0.852. The third-order valence-corrected chi connectivity index (χ3v) is 3.85. The van der Waals surface area contributed by atoms with Gasteiger partial charge >= 0.3 is 0 Å². The summed E-state index contributed by atoms with van der Waals surface area (Å²) < 4.78 is 0.800. The van der Waals surface area contributed by atoms with Crippen LogP contribution in [0.4, 0.5) is 0 Å². The largest absolute Gasteiger partial charge is 0.326 e. The van der Waals surface area contributed by atoms with E-state index < -0.39 is 11.9 Å². The molecule has 0 unspecified atom stereocenters. The molecule has 3 amide bonds. The van der Waals surface area contributed by atoms with E-state index in [-0.39, 0.29) is 18.2 Å². The summed E-state index contributed by atoms with van der Waals surface area (Å²) in [5.41, 5.74) is 1.37. The molecule has 1 aliphatic heterocycles. The minimum absolute atomic E-state index is 0.0332. The number of benzene rings is 1. The average Bonchev–Trinajstić information content (AvgIpc) is 2.72. The van der Waals surface area contributed by atoms with Crippen LogP contribution in [0.2, 0.25) is 0 Å². The van der Waals surface area contributed by atoms with Gasteiger partial charge in [-0.2, -0.15) is 0 Å². The highest BCUT2D eigenvalue weighted by atomic mass is 79.9. The number of carbonyl (C=O) groups is 3. The van der Waals surface area contributed by atoms with E-state index in [0.717, 1.165) is 10.0 Å². The smallest absolute Gasteiger partial charge is 0.254 e. The zero-order valence-corrected chi connectivity index (χ0v) is 12.9. The second kappa shape index (κ2) is 5.75. The molecule has 1 N–H and O–H groups in total. The molecule has 0 bridgehead atoms. The van der Waals surface area contributed by atoms with Gasteiger partial charge in [-0.25, -0.2) is 0 Å². The molecule has 1 atom stereocenters. The molecular weight excluding hydrogens is 324 g/mol. The number of aryl methyl sites for hydroxylation is 1. The Morgan fingerprint density at radius 3 is 2.70 bits per heavy atom. The standard InChI is InChI=1S/C14H15BrN2O3/c1-3-17(11-7-12(18)16-13(11)19)14(20)10-6-9(15)5-4-8(10)2/h4-6,11H,3,7H2,1-2H3,(H,16,18,19)/t11-/m0/s1. The maximum Gasteiger partial charge on any atom is 0.254 e. The van der Waals surface area contributed by atoms with Crippen molar-refractivity contribution >= 4 is 33.7 Å². The fourth-order valence-corrected chi connectivity index (χ4v) is 2.64. The number of hydrogen-bond donors (Lipinski definition) is 1. The van der Waals surface area contributed by atoms with Crippen molar-refractivity contribution in [2.24, 2.45) is 0 Å². The summed E-state index contributed by atoms with van der Waals surface area (Å²) in [6, 6.07) is 4.72. The highest BCUT2D eigenvalue weighted by molar-refractivity contribution is 9.10. The number of likely N-dealkylation sites (N-methyl/N-ethyl adjacent to an activating group) is 1. The van der Waals surface area contributed by atoms with Crippen LogP contribution in [-0.4, -0.2) is 35.2 Å². The van der Waals surface area contributed by atoms with Crippen molar-refractivity contribution in [3.8, 4) is 0 Å². The maximum absolute atomic E-state index is 12.6. The van der Waals surface area contributed by atoms with Crippen LogP contribution in [0.5, 0.6) is 0 Å². The molecule has 0 aromatic heterocycles. The van der Waals surface area contributed by atoms with Gasteiger partial charge in [0.25, 0.3) is 5.91 Å². The molecule has 1 heterocycles. The van der Waals surface area contributed by atoms with E-state index in [4.69, 9.17) is 0 Å². The lowest BCUT2D eigenvalue weighted by Gasteiger charge is -2.26. The fourth-order valence-electron chi connectivity index (χ4n) is 2.28. The number of nitrogens with one attached hydrogen (secondary N) is 1. The van der Waals surface area contributed by atoms with Crippen LogP contribution in [0.15, 0.2) is 22.7 Å². The molecular formula is C14H15BrN2O3. The van der Waals surface area contributed by atoms with Gasteiger partial charge < -0.3 is 4.90 Å². The summed E-state index contributed by atoms with van der Waals surface area (Å²) >= 11 is 3.34. The molecule has 106 valence electrons. The van der Waals surface area contributed by atoms with Crippen LogP contribution in [0.1, 0.15) is 29.3 Å². The molecule has 1 aromatic rings. The van der Waals surface area contributed by atoms with Crippen LogP contribution in [0, 0.1) is 6.92 Å². The van der Waals surface area contributed by atoms with Crippen LogP contribution in [-0.2, 0) is 9.59 Å². The second-order valence-electron chi connectivity index (χ2n) is 4.68. The molecule has 1 aromatic carbocycles. The zero-order valence-electron chi connectivity index (χ0n) is 11.3. The molecule has 0 aliphatic carbocycles. The summed E-state index contributed by atoms with van der Waals surface area (Å²) in [4.78, 5) is 37.1. The van der Waals surface area contributed by atoms with Gasteiger partial charge in [-0.1, -0.05) is 22.0 Å². The van der Waals surface area contributed by atoms with Gasteiger partial charge in [-0.05, 0) is 31.5 Å². The number of carbonyl (C=O) groups excluding carboxylic acids is 3. The fraction of sp³-hybridized carbons (Fsp3) is 0.357.